The van der Waals surface area contributed by atoms with E-state index in [0.717, 1.165) is 32.7 Å². The second-order valence-electron chi connectivity index (χ2n) is 6.52. The molecule has 2 fully saturated rings. The number of piperazine rings is 1. The quantitative estimate of drug-likeness (QED) is 0.708. The van der Waals surface area contributed by atoms with E-state index in [1.165, 1.54) is 14.7 Å². The molecule has 0 aliphatic carbocycles. The normalized spacial score (nSPS) is 19.2. The lowest BCUT2D eigenvalue weighted by Gasteiger charge is -2.34. The van der Waals surface area contributed by atoms with Crippen molar-refractivity contribution in [3.05, 3.63) is 22.4 Å². The summed E-state index contributed by atoms with van der Waals surface area (Å²) in [4.78, 5) is 44.1. The van der Waals surface area contributed by atoms with E-state index in [-0.39, 0.29) is 24.4 Å². The van der Waals surface area contributed by atoms with E-state index in [4.69, 9.17) is 0 Å². The zero-order valence-corrected chi connectivity index (χ0v) is 15.3. The van der Waals surface area contributed by atoms with Crippen LogP contribution in [0.15, 0.2) is 17.5 Å². The van der Waals surface area contributed by atoms with Gasteiger partial charge in [0, 0.05) is 57.6 Å². The van der Waals surface area contributed by atoms with Gasteiger partial charge >= 0.3 is 6.03 Å². The molecule has 25 heavy (non-hydrogen) atoms. The molecule has 0 radical (unpaired) electrons. The first-order chi connectivity index (χ1) is 12.0. The largest absolute Gasteiger partial charge is 0.340 e. The first kappa shape index (κ1) is 17.9. The zero-order chi connectivity index (χ0) is 17.8. The molecule has 0 atom stereocenters. The van der Waals surface area contributed by atoms with Gasteiger partial charge in [-0.15, -0.1) is 11.3 Å². The van der Waals surface area contributed by atoms with Gasteiger partial charge < -0.3 is 9.80 Å². The van der Waals surface area contributed by atoms with Crippen LogP contribution < -0.4 is 0 Å². The van der Waals surface area contributed by atoms with Gasteiger partial charge in [-0.05, 0) is 17.9 Å². The molecule has 0 bridgehead atoms. The monoisotopic (exact) mass is 364 g/mol. The average molecular weight is 364 g/mol. The molecule has 136 valence electrons. The smallest absolute Gasteiger partial charge is 0.326 e. The van der Waals surface area contributed by atoms with Crippen molar-refractivity contribution in [2.75, 3.05) is 46.3 Å². The Morgan fingerprint density at radius 1 is 1.20 bits per heavy atom. The molecule has 4 amide bonds. The third kappa shape index (κ3) is 4.38. The van der Waals surface area contributed by atoms with Crippen molar-refractivity contribution in [3.63, 3.8) is 0 Å². The second-order valence-corrected chi connectivity index (χ2v) is 7.56. The van der Waals surface area contributed by atoms with Crippen LogP contribution in [0.1, 0.15) is 17.7 Å². The number of urea groups is 1. The number of carbonyl (C=O) groups is 3. The maximum Gasteiger partial charge on any atom is 0.326 e. The third-order valence-electron chi connectivity index (χ3n) is 4.69. The fourth-order valence-electron chi connectivity index (χ4n) is 3.21. The predicted molar refractivity (Wildman–Crippen MR) is 95.1 cm³/mol. The van der Waals surface area contributed by atoms with Gasteiger partial charge in [-0.1, -0.05) is 6.07 Å². The first-order valence-electron chi connectivity index (χ1n) is 8.62. The molecule has 0 spiro atoms. The minimum absolute atomic E-state index is 0.114. The number of hydrogen-bond donors (Lipinski definition) is 0. The summed E-state index contributed by atoms with van der Waals surface area (Å²) in [6.45, 7) is 4.68. The van der Waals surface area contributed by atoms with E-state index >= 15 is 0 Å². The number of thiophene rings is 1. The maximum absolute atomic E-state index is 12.3. The highest BCUT2D eigenvalue weighted by atomic mass is 32.1. The van der Waals surface area contributed by atoms with Gasteiger partial charge in [0.05, 0.1) is 0 Å². The van der Waals surface area contributed by atoms with Crippen LogP contribution in [0.4, 0.5) is 4.79 Å². The Balaban J connectivity index is 1.37. The van der Waals surface area contributed by atoms with Gasteiger partial charge in [0.2, 0.25) is 11.8 Å². The van der Waals surface area contributed by atoms with E-state index < -0.39 is 0 Å². The number of nitrogens with zero attached hydrogens (tertiary/aromatic N) is 4. The van der Waals surface area contributed by atoms with Gasteiger partial charge in [0.15, 0.2) is 0 Å². The van der Waals surface area contributed by atoms with Gasteiger partial charge in [-0.25, -0.2) is 4.79 Å². The van der Waals surface area contributed by atoms with E-state index in [9.17, 15) is 14.4 Å². The fraction of sp³-hybridized carbons (Fsp3) is 0.588. The van der Waals surface area contributed by atoms with Crippen LogP contribution >= 0.6 is 11.3 Å². The summed E-state index contributed by atoms with van der Waals surface area (Å²) in [5.74, 6) is -0.0645. The molecule has 7 nitrogen and oxygen atoms in total. The van der Waals surface area contributed by atoms with Crippen LogP contribution in [0.3, 0.4) is 0 Å². The molecule has 8 heteroatoms. The molecule has 2 aliphatic rings. The summed E-state index contributed by atoms with van der Waals surface area (Å²) in [6, 6.07) is 3.94. The van der Waals surface area contributed by atoms with E-state index in [1.54, 1.807) is 18.4 Å². The van der Waals surface area contributed by atoms with Crippen molar-refractivity contribution in [2.45, 2.75) is 19.4 Å². The van der Waals surface area contributed by atoms with Gasteiger partial charge in [-0.2, -0.15) is 0 Å². The molecule has 0 N–H and O–H groups in total. The number of imide groups is 1. The highest BCUT2D eigenvalue weighted by Crippen LogP contribution is 2.14. The Kier molecular flexibility index (Phi) is 5.70. The highest BCUT2D eigenvalue weighted by Gasteiger charge is 2.33. The van der Waals surface area contributed by atoms with Crippen LogP contribution in [-0.4, -0.2) is 83.8 Å². The van der Waals surface area contributed by atoms with E-state index in [0.29, 0.717) is 19.4 Å². The maximum atomic E-state index is 12.3. The Hall–Kier alpha value is -1.93. The minimum Gasteiger partial charge on any atom is -0.340 e. The van der Waals surface area contributed by atoms with Crippen molar-refractivity contribution < 1.29 is 14.4 Å². The number of rotatable bonds is 6. The van der Waals surface area contributed by atoms with Crippen molar-refractivity contribution in [3.8, 4) is 0 Å². The third-order valence-corrected chi connectivity index (χ3v) is 5.55. The Bertz CT molecular complexity index is 626. The lowest BCUT2D eigenvalue weighted by Crippen LogP contribution is -2.48. The van der Waals surface area contributed by atoms with Crippen LogP contribution in [0.2, 0.25) is 0 Å². The van der Waals surface area contributed by atoms with Crippen molar-refractivity contribution >= 4 is 29.2 Å². The molecule has 1 aromatic rings. The van der Waals surface area contributed by atoms with Crippen LogP contribution in [0.25, 0.3) is 0 Å². The molecule has 3 rings (SSSR count). The van der Waals surface area contributed by atoms with Gasteiger partial charge in [-0.3, -0.25) is 19.4 Å². The summed E-state index contributed by atoms with van der Waals surface area (Å²) >= 11 is 1.76. The lowest BCUT2D eigenvalue weighted by molar-refractivity contribution is -0.133. The van der Waals surface area contributed by atoms with Crippen LogP contribution in [0.5, 0.6) is 0 Å². The average Bonchev–Trinajstić information content (AvgIpc) is 3.19. The molecule has 3 heterocycles. The minimum atomic E-state index is -0.264. The first-order valence-corrected chi connectivity index (χ1v) is 9.50. The molecule has 2 saturated heterocycles. The number of likely N-dealkylation sites (N-methyl/N-ethyl adjacent to an activating group) is 1. The second kappa shape index (κ2) is 7.97. The fourth-order valence-corrected chi connectivity index (χ4v) is 3.96. The number of amides is 4. The van der Waals surface area contributed by atoms with Crippen molar-refractivity contribution in [1.29, 1.82) is 0 Å². The molecule has 2 aliphatic heterocycles. The molecule has 0 saturated carbocycles. The molecular formula is C17H24N4O3S. The van der Waals surface area contributed by atoms with Gasteiger partial charge in [0.1, 0.15) is 6.54 Å². The van der Waals surface area contributed by atoms with E-state index in [2.05, 4.69) is 22.4 Å². The molecular weight excluding hydrogens is 340 g/mol. The Morgan fingerprint density at radius 2 is 1.96 bits per heavy atom. The molecule has 0 unspecified atom stereocenters. The molecule has 1 aromatic heterocycles. The standard InChI is InChI=1S/C17H24N4O3S/c1-18-13-16(23)21(17(18)24)6-2-5-15(22)20-9-7-19(8-10-20)12-14-4-3-11-25-14/h3-4,11H,2,5-10,12-13H2,1H3. The zero-order valence-electron chi connectivity index (χ0n) is 14.5. The van der Waals surface area contributed by atoms with E-state index in [1.807, 2.05) is 4.90 Å². The summed E-state index contributed by atoms with van der Waals surface area (Å²) in [5.41, 5.74) is 0. The molecule has 0 aromatic carbocycles. The SMILES string of the molecule is CN1CC(=O)N(CCCC(=O)N2CCN(Cc3cccs3)CC2)C1=O. The number of carbonyl (C=O) groups excluding carboxylic acids is 3. The predicted octanol–water partition coefficient (Wildman–Crippen LogP) is 1.07. The number of hydrogen-bond acceptors (Lipinski definition) is 5. The summed E-state index contributed by atoms with van der Waals surface area (Å²) in [7, 11) is 1.61. The van der Waals surface area contributed by atoms with Crippen molar-refractivity contribution in [2.24, 2.45) is 0 Å². The summed E-state index contributed by atoms with van der Waals surface area (Å²) in [5, 5.41) is 2.09. The Labute approximate surface area is 151 Å². The van der Waals surface area contributed by atoms with Crippen LogP contribution in [0, 0.1) is 0 Å². The lowest BCUT2D eigenvalue weighted by atomic mass is 10.2. The summed E-state index contributed by atoms with van der Waals surface area (Å²) < 4.78 is 0. The Morgan fingerprint density at radius 3 is 2.56 bits per heavy atom. The van der Waals surface area contributed by atoms with Crippen LogP contribution in [-0.2, 0) is 16.1 Å². The highest BCUT2D eigenvalue weighted by molar-refractivity contribution is 7.09. The van der Waals surface area contributed by atoms with Crippen molar-refractivity contribution in [1.82, 2.24) is 19.6 Å². The topological polar surface area (TPSA) is 64.2 Å². The summed E-state index contributed by atoms with van der Waals surface area (Å²) in [6.07, 6.45) is 0.908. The van der Waals surface area contributed by atoms with Gasteiger partial charge in [0.25, 0.3) is 0 Å².